The molecule has 5 nitrogen and oxygen atoms in total. The van der Waals surface area contributed by atoms with Crippen molar-refractivity contribution in [3.63, 3.8) is 0 Å². The number of piperidine rings is 1. The molecule has 4 rings (SSSR count). The van der Waals surface area contributed by atoms with Crippen LogP contribution in [0.1, 0.15) is 61.3 Å². The monoisotopic (exact) mass is 437 g/mol. The summed E-state index contributed by atoms with van der Waals surface area (Å²) in [6.45, 7) is 8.49. The highest BCUT2D eigenvalue weighted by Crippen LogP contribution is 2.37. The molecule has 2 aromatic carbocycles. The SMILES string of the molecule is Cc1c(CCc2ccc3c(c2)OC[C@H]3CC(=O)O)cccc1N1CCC(C(C)(C)O)CC1. The maximum Gasteiger partial charge on any atom is 0.304 e. The van der Waals surface area contributed by atoms with Gasteiger partial charge in [0.2, 0.25) is 0 Å². The second kappa shape index (κ2) is 9.14. The maximum absolute atomic E-state index is 11.1. The van der Waals surface area contributed by atoms with Crippen molar-refractivity contribution in [2.45, 2.75) is 64.4 Å². The van der Waals surface area contributed by atoms with E-state index in [4.69, 9.17) is 9.84 Å². The summed E-state index contributed by atoms with van der Waals surface area (Å²) in [5.41, 5.74) is 5.64. The highest BCUT2D eigenvalue weighted by Gasteiger charge is 2.31. The minimum Gasteiger partial charge on any atom is -0.493 e. The number of carboxylic acid groups (broad SMARTS) is 1. The summed E-state index contributed by atoms with van der Waals surface area (Å²) in [6.07, 6.45) is 4.03. The number of hydrogen-bond donors (Lipinski definition) is 2. The summed E-state index contributed by atoms with van der Waals surface area (Å²) in [5, 5.41) is 19.4. The first kappa shape index (κ1) is 22.7. The lowest BCUT2D eigenvalue weighted by molar-refractivity contribution is -0.137. The summed E-state index contributed by atoms with van der Waals surface area (Å²) < 4.78 is 5.77. The zero-order chi connectivity index (χ0) is 22.9. The Labute approximate surface area is 191 Å². The summed E-state index contributed by atoms with van der Waals surface area (Å²) in [4.78, 5) is 13.5. The molecule has 0 spiro atoms. The van der Waals surface area contributed by atoms with E-state index in [-0.39, 0.29) is 12.3 Å². The van der Waals surface area contributed by atoms with Gasteiger partial charge in [-0.3, -0.25) is 4.79 Å². The van der Waals surface area contributed by atoms with Gasteiger partial charge in [0.05, 0.1) is 18.6 Å². The average molecular weight is 438 g/mol. The Balaban J connectivity index is 1.40. The number of anilines is 1. The van der Waals surface area contributed by atoms with Gasteiger partial charge in [0, 0.05) is 30.3 Å². The molecule has 0 bridgehead atoms. The number of benzene rings is 2. The number of carbonyl (C=O) groups is 1. The van der Waals surface area contributed by atoms with E-state index in [0.717, 1.165) is 50.1 Å². The van der Waals surface area contributed by atoms with Gasteiger partial charge in [0.15, 0.2) is 0 Å². The largest absolute Gasteiger partial charge is 0.493 e. The Morgan fingerprint density at radius 2 is 1.91 bits per heavy atom. The number of rotatable bonds is 7. The molecule has 0 amide bonds. The molecule has 2 aromatic rings. The lowest BCUT2D eigenvalue weighted by Crippen LogP contribution is -2.42. The number of carboxylic acids is 1. The lowest BCUT2D eigenvalue weighted by atomic mass is 9.83. The van der Waals surface area contributed by atoms with Crippen molar-refractivity contribution in [3.8, 4) is 5.75 Å². The Hall–Kier alpha value is -2.53. The Kier molecular flexibility index (Phi) is 6.47. The molecular formula is C27H35NO4. The molecule has 0 aliphatic carbocycles. The van der Waals surface area contributed by atoms with E-state index in [2.05, 4.69) is 42.2 Å². The van der Waals surface area contributed by atoms with Crippen molar-refractivity contribution in [2.24, 2.45) is 5.92 Å². The van der Waals surface area contributed by atoms with Crippen molar-refractivity contribution in [3.05, 3.63) is 58.7 Å². The highest BCUT2D eigenvalue weighted by molar-refractivity contribution is 5.68. The van der Waals surface area contributed by atoms with Crippen LogP contribution in [0, 0.1) is 12.8 Å². The predicted molar refractivity (Wildman–Crippen MR) is 127 cm³/mol. The first-order valence-corrected chi connectivity index (χ1v) is 11.8. The molecule has 2 heterocycles. The van der Waals surface area contributed by atoms with E-state index in [9.17, 15) is 9.90 Å². The standard InChI is InChI=1S/C27H35NO4/c1-18-20(5-4-6-24(18)28-13-11-22(12-14-28)27(2,3)31)9-7-19-8-10-23-21(16-26(29)30)17-32-25(23)15-19/h4-6,8,10,15,21-22,31H,7,9,11-14,16-17H2,1-3H3,(H,29,30)/t21-/m1/s1. The zero-order valence-electron chi connectivity index (χ0n) is 19.4. The van der Waals surface area contributed by atoms with E-state index >= 15 is 0 Å². The topological polar surface area (TPSA) is 70.0 Å². The van der Waals surface area contributed by atoms with E-state index in [1.807, 2.05) is 19.9 Å². The molecule has 1 saturated heterocycles. The third kappa shape index (κ3) is 4.93. The van der Waals surface area contributed by atoms with Gasteiger partial charge in [-0.25, -0.2) is 0 Å². The van der Waals surface area contributed by atoms with Crippen LogP contribution in [-0.4, -0.2) is 41.5 Å². The van der Waals surface area contributed by atoms with Gasteiger partial charge in [-0.15, -0.1) is 0 Å². The summed E-state index contributed by atoms with van der Waals surface area (Å²) >= 11 is 0. The van der Waals surface area contributed by atoms with E-state index in [1.165, 1.54) is 22.4 Å². The van der Waals surface area contributed by atoms with Crippen LogP contribution in [0.4, 0.5) is 5.69 Å². The summed E-state index contributed by atoms with van der Waals surface area (Å²) in [7, 11) is 0. The fourth-order valence-electron chi connectivity index (χ4n) is 5.25. The Bertz CT molecular complexity index is 970. The fraction of sp³-hybridized carbons (Fsp3) is 0.519. The van der Waals surface area contributed by atoms with Crippen LogP contribution in [0.25, 0.3) is 0 Å². The number of fused-ring (bicyclic) bond motifs is 1. The molecule has 32 heavy (non-hydrogen) atoms. The predicted octanol–water partition coefficient (Wildman–Crippen LogP) is 4.72. The van der Waals surface area contributed by atoms with E-state index in [1.54, 1.807) is 0 Å². The molecule has 2 aliphatic rings. The van der Waals surface area contributed by atoms with Crippen molar-refractivity contribution in [2.75, 3.05) is 24.6 Å². The molecule has 0 aromatic heterocycles. The number of ether oxygens (including phenoxy) is 1. The van der Waals surface area contributed by atoms with Gasteiger partial charge >= 0.3 is 5.97 Å². The molecule has 0 radical (unpaired) electrons. The molecule has 5 heteroatoms. The second-order valence-corrected chi connectivity index (χ2v) is 9.95. The van der Waals surface area contributed by atoms with Crippen molar-refractivity contribution >= 4 is 11.7 Å². The van der Waals surface area contributed by atoms with Crippen LogP contribution in [0.5, 0.6) is 5.75 Å². The number of aliphatic hydroxyl groups is 1. The molecular weight excluding hydrogens is 402 g/mol. The molecule has 1 atom stereocenters. The van der Waals surface area contributed by atoms with Gasteiger partial charge in [-0.1, -0.05) is 24.3 Å². The summed E-state index contributed by atoms with van der Waals surface area (Å²) in [5.74, 6) is 0.375. The van der Waals surface area contributed by atoms with Crippen LogP contribution in [0.3, 0.4) is 0 Å². The van der Waals surface area contributed by atoms with Crippen molar-refractivity contribution in [1.82, 2.24) is 0 Å². The van der Waals surface area contributed by atoms with Crippen LogP contribution in [0.2, 0.25) is 0 Å². The van der Waals surface area contributed by atoms with Gasteiger partial charge in [0.1, 0.15) is 5.75 Å². The Morgan fingerprint density at radius 3 is 2.59 bits per heavy atom. The third-order valence-corrected chi connectivity index (χ3v) is 7.31. The summed E-state index contributed by atoms with van der Waals surface area (Å²) in [6, 6.07) is 12.8. The van der Waals surface area contributed by atoms with Gasteiger partial charge in [-0.2, -0.15) is 0 Å². The molecule has 0 unspecified atom stereocenters. The van der Waals surface area contributed by atoms with Crippen molar-refractivity contribution in [1.29, 1.82) is 0 Å². The smallest absolute Gasteiger partial charge is 0.304 e. The van der Waals surface area contributed by atoms with Gasteiger partial charge in [-0.05, 0) is 81.2 Å². The van der Waals surface area contributed by atoms with Crippen LogP contribution in [-0.2, 0) is 17.6 Å². The first-order chi connectivity index (χ1) is 15.2. The molecule has 2 N–H and O–H groups in total. The normalized spacial score (nSPS) is 19.0. The van der Waals surface area contributed by atoms with E-state index < -0.39 is 11.6 Å². The molecule has 172 valence electrons. The lowest BCUT2D eigenvalue weighted by Gasteiger charge is -2.39. The highest BCUT2D eigenvalue weighted by atomic mass is 16.5. The fourth-order valence-corrected chi connectivity index (χ4v) is 5.25. The molecule has 1 fully saturated rings. The Morgan fingerprint density at radius 1 is 1.16 bits per heavy atom. The number of aliphatic carboxylic acids is 1. The van der Waals surface area contributed by atoms with Gasteiger partial charge < -0.3 is 19.8 Å². The maximum atomic E-state index is 11.1. The number of nitrogens with zero attached hydrogens (tertiary/aromatic N) is 1. The zero-order valence-corrected chi connectivity index (χ0v) is 19.4. The average Bonchev–Trinajstić information content (AvgIpc) is 3.14. The van der Waals surface area contributed by atoms with E-state index in [0.29, 0.717) is 12.5 Å². The van der Waals surface area contributed by atoms with Crippen molar-refractivity contribution < 1.29 is 19.7 Å². The van der Waals surface area contributed by atoms with Crippen LogP contribution < -0.4 is 9.64 Å². The quantitative estimate of drug-likeness (QED) is 0.656. The first-order valence-electron chi connectivity index (χ1n) is 11.8. The van der Waals surface area contributed by atoms with Crippen LogP contribution in [0.15, 0.2) is 36.4 Å². The number of aryl methyl sites for hydroxylation is 2. The minimum absolute atomic E-state index is 0.0453. The minimum atomic E-state index is -0.782. The third-order valence-electron chi connectivity index (χ3n) is 7.31. The molecule has 0 saturated carbocycles. The number of hydrogen-bond acceptors (Lipinski definition) is 4. The molecule has 2 aliphatic heterocycles. The van der Waals surface area contributed by atoms with Gasteiger partial charge in [0.25, 0.3) is 0 Å². The second-order valence-electron chi connectivity index (χ2n) is 9.95. The van der Waals surface area contributed by atoms with Crippen LogP contribution >= 0.6 is 0 Å².